The van der Waals surface area contributed by atoms with Crippen molar-refractivity contribution in [3.63, 3.8) is 0 Å². The first-order valence-corrected chi connectivity index (χ1v) is 8.90. The smallest absolute Gasteiger partial charge is 0.407 e. The van der Waals surface area contributed by atoms with Gasteiger partial charge in [0.05, 0.1) is 6.04 Å². The monoisotopic (exact) mass is 382 g/mol. The van der Waals surface area contributed by atoms with Gasteiger partial charge < -0.3 is 15.2 Å². The Morgan fingerprint density at radius 1 is 1.19 bits per heavy atom. The van der Waals surface area contributed by atoms with Crippen LogP contribution >= 0.6 is 0 Å². The molecule has 0 aromatic carbocycles. The molecule has 0 heterocycles. The van der Waals surface area contributed by atoms with E-state index < -0.39 is 43.1 Å². The lowest BCUT2D eigenvalue weighted by molar-refractivity contribution is -0.142. The van der Waals surface area contributed by atoms with E-state index in [1.54, 1.807) is 20.8 Å². The quantitative estimate of drug-likeness (QED) is 0.714. The van der Waals surface area contributed by atoms with Gasteiger partial charge in [-0.3, -0.25) is 4.90 Å². The first-order chi connectivity index (χ1) is 11.9. The molecule has 1 atom stereocenters. The van der Waals surface area contributed by atoms with Gasteiger partial charge in [0.15, 0.2) is 0 Å². The number of alkyl carbamates (subject to hydrolysis) is 1. The minimum Gasteiger partial charge on any atom is -0.465 e. The van der Waals surface area contributed by atoms with Crippen molar-refractivity contribution < 1.29 is 32.6 Å². The highest BCUT2D eigenvalue weighted by molar-refractivity contribution is 5.68. The molecule has 1 aliphatic carbocycles. The summed E-state index contributed by atoms with van der Waals surface area (Å²) in [6.07, 6.45) is -1.57. The predicted octanol–water partition coefficient (Wildman–Crippen LogP) is 4.39. The van der Waals surface area contributed by atoms with Crippen LogP contribution < -0.4 is 5.32 Å². The average Bonchev–Trinajstić information content (AvgIpc) is 2.43. The summed E-state index contributed by atoms with van der Waals surface area (Å²) in [5.41, 5.74) is -0.752. The van der Waals surface area contributed by atoms with Gasteiger partial charge in [-0.1, -0.05) is 32.1 Å². The van der Waals surface area contributed by atoms with Crippen LogP contribution in [-0.2, 0) is 4.74 Å². The lowest BCUT2D eigenvalue weighted by Gasteiger charge is -2.31. The van der Waals surface area contributed by atoms with Gasteiger partial charge in [-0.05, 0) is 33.1 Å². The zero-order valence-corrected chi connectivity index (χ0v) is 15.6. The van der Waals surface area contributed by atoms with Gasteiger partial charge in [-0.25, -0.2) is 9.59 Å². The van der Waals surface area contributed by atoms with Gasteiger partial charge in [-0.15, -0.1) is 0 Å². The molecule has 1 fully saturated rings. The third-order valence-corrected chi connectivity index (χ3v) is 4.14. The van der Waals surface area contributed by atoms with Crippen molar-refractivity contribution in [2.75, 3.05) is 13.1 Å². The molecule has 0 unspecified atom stereocenters. The Hall–Kier alpha value is -1.67. The molecule has 0 bridgehead atoms. The molecule has 26 heavy (non-hydrogen) atoms. The molecule has 152 valence electrons. The maximum absolute atomic E-state index is 12.6. The van der Waals surface area contributed by atoms with Crippen molar-refractivity contribution in [2.45, 2.75) is 77.1 Å². The average molecular weight is 382 g/mol. The highest BCUT2D eigenvalue weighted by Crippen LogP contribution is 2.28. The van der Waals surface area contributed by atoms with E-state index in [0.717, 1.165) is 32.1 Å². The highest BCUT2D eigenvalue weighted by atomic mass is 19.4. The van der Waals surface area contributed by atoms with E-state index in [0.29, 0.717) is 11.3 Å². The normalized spacial score (nSPS) is 17.5. The minimum absolute atomic E-state index is 0.255. The first kappa shape index (κ1) is 22.4. The Bertz CT molecular complexity index is 472. The summed E-state index contributed by atoms with van der Waals surface area (Å²) < 4.78 is 43.1. The zero-order chi connectivity index (χ0) is 20.0. The number of carbonyl (C=O) groups is 2. The van der Waals surface area contributed by atoms with Crippen LogP contribution in [-0.4, -0.2) is 53.1 Å². The summed E-state index contributed by atoms with van der Waals surface area (Å²) in [6, 6.07) is -0.730. The van der Waals surface area contributed by atoms with Gasteiger partial charge in [-0.2, -0.15) is 13.2 Å². The molecule has 0 aliphatic heterocycles. The van der Waals surface area contributed by atoms with Crippen LogP contribution in [0.3, 0.4) is 0 Å². The summed E-state index contributed by atoms with van der Waals surface area (Å²) in [6.45, 7) is 3.03. The number of alkyl halides is 3. The molecule has 0 aromatic rings. The minimum atomic E-state index is -4.64. The number of hydrogen-bond acceptors (Lipinski definition) is 3. The van der Waals surface area contributed by atoms with Crippen LogP contribution in [0.5, 0.6) is 0 Å². The van der Waals surface area contributed by atoms with E-state index >= 15 is 0 Å². The first-order valence-electron chi connectivity index (χ1n) is 8.90. The van der Waals surface area contributed by atoms with Crippen LogP contribution in [0, 0.1) is 5.92 Å². The standard InChI is InChI=1S/C17H29F3N2O4/c1-16(2,3)26-14(23)21-13(9-12-7-5-4-6-8-12)10-22(15(24)25)11-17(18,19)20/h12-13H,4-11H2,1-3H3,(H,21,23)(H,24,25)/t13-/m0/s1. The number of carbonyl (C=O) groups excluding carboxylic acids is 1. The molecule has 1 rings (SSSR count). The SMILES string of the molecule is CC(C)(C)OC(=O)N[C@@H](CC1CCCCC1)CN(CC(F)(F)F)C(=O)O. The molecule has 6 nitrogen and oxygen atoms in total. The molecule has 2 amide bonds. The lowest BCUT2D eigenvalue weighted by atomic mass is 9.84. The topological polar surface area (TPSA) is 78.9 Å². The van der Waals surface area contributed by atoms with E-state index in [9.17, 15) is 22.8 Å². The second-order valence-electron chi connectivity index (χ2n) is 7.86. The molecular formula is C17H29F3N2O4. The third-order valence-electron chi connectivity index (χ3n) is 4.14. The van der Waals surface area contributed by atoms with Crippen molar-refractivity contribution in [1.82, 2.24) is 10.2 Å². The molecule has 0 spiro atoms. The van der Waals surface area contributed by atoms with E-state index in [-0.39, 0.29) is 5.92 Å². The Kier molecular flexibility index (Phi) is 8.02. The van der Waals surface area contributed by atoms with Crippen molar-refractivity contribution in [3.05, 3.63) is 0 Å². The van der Waals surface area contributed by atoms with Crippen LogP contribution in [0.25, 0.3) is 0 Å². The number of amides is 2. The van der Waals surface area contributed by atoms with Crippen LogP contribution in [0.4, 0.5) is 22.8 Å². The summed E-state index contributed by atoms with van der Waals surface area (Å²) in [5.74, 6) is 0.255. The fourth-order valence-corrected chi connectivity index (χ4v) is 3.17. The molecule has 0 saturated heterocycles. The second kappa shape index (κ2) is 9.32. The summed E-state index contributed by atoms with van der Waals surface area (Å²) in [7, 11) is 0. The molecular weight excluding hydrogens is 353 g/mol. The molecule has 1 aliphatic rings. The number of nitrogens with one attached hydrogen (secondary N) is 1. The second-order valence-corrected chi connectivity index (χ2v) is 7.86. The maximum atomic E-state index is 12.6. The fourth-order valence-electron chi connectivity index (χ4n) is 3.17. The van der Waals surface area contributed by atoms with Crippen LogP contribution in [0.15, 0.2) is 0 Å². The maximum Gasteiger partial charge on any atom is 0.407 e. The van der Waals surface area contributed by atoms with Crippen molar-refractivity contribution in [1.29, 1.82) is 0 Å². The molecule has 0 radical (unpaired) electrons. The van der Waals surface area contributed by atoms with Gasteiger partial charge in [0, 0.05) is 6.54 Å². The summed E-state index contributed by atoms with van der Waals surface area (Å²) in [4.78, 5) is 23.5. The summed E-state index contributed by atoms with van der Waals surface area (Å²) >= 11 is 0. The van der Waals surface area contributed by atoms with E-state index in [1.165, 1.54) is 0 Å². The fraction of sp³-hybridized carbons (Fsp3) is 0.882. The highest BCUT2D eigenvalue weighted by Gasteiger charge is 2.35. The van der Waals surface area contributed by atoms with Crippen LogP contribution in [0.2, 0.25) is 0 Å². The van der Waals surface area contributed by atoms with Gasteiger partial charge in [0.2, 0.25) is 0 Å². The lowest BCUT2D eigenvalue weighted by Crippen LogP contribution is -2.49. The molecule has 9 heteroatoms. The Morgan fingerprint density at radius 2 is 1.77 bits per heavy atom. The number of rotatable bonds is 6. The van der Waals surface area contributed by atoms with Gasteiger partial charge in [0.1, 0.15) is 12.1 Å². The number of carboxylic acid groups (broad SMARTS) is 1. The Labute approximate surface area is 152 Å². The van der Waals surface area contributed by atoms with Crippen LogP contribution in [0.1, 0.15) is 59.3 Å². The summed E-state index contributed by atoms with van der Waals surface area (Å²) in [5, 5.41) is 11.7. The Balaban J connectivity index is 2.79. The third kappa shape index (κ3) is 9.72. The van der Waals surface area contributed by atoms with Crippen molar-refractivity contribution >= 4 is 12.2 Å². The zero-order valence-electron chi connectivity index (χ0n) is 15.6. The predicted molar refractivity (Wildman–Crippen MR) is 90.0 cm³/mol. The molecule has 0 aromatic heterocycles. The number of hydrogen-bond donors (Lipinski definition) is 2. The molecule has 1 saturated carbocycles. The van der Waals surface area contributed by atoms with Crippen molar-refractivity contribution in [3.8, 4) is 0 Å². The van der Waals surface area contributed by atoms with Gasteiger partial charge in [0.25, 0.3) is 0 Å². The number of ether oxygens (including phenoxy) is 1. The van der Waals surface area contributed by atoms with E-state index in [1.807, 2.05) is 0 Å². The van der Waals surface area contributed by atoms with Gasteiger partial charge >= 0.3 is 18.4 Å². The van der Waals surface area contributed by atoms with Crippen molar-refractivity contribution in [2.24, 2.45) is 5.92 Å². The van der Waals surface area contributed by atoms with E-state index in [2.05, 4.69) is 5.32 Å². The number of halogens is 3. The Morgan fingerprint density at radius 3 is 2.23 bits per heavy atom. The molecule has 2 N–H and O–H groups in total. The van der Waals surface area contributed by atoms with E-state index in [4.69, 9.17) is 9.84 Å². The largest absolute Gasteiger partial charge is 0.465 e. The number of nitrogens with zero attached hydrogens (tertiary/aromatic N) is 1.